The zero-order valence-corrected chi connectivity index (χ0v) is 12.6. The zero-order valence-electron chi connectivity index (χ0n) is 11.6. The van der Waals surface area contributed by atoms with Gasteiger partial charge in [0, 0.05) is 11.8 Å². The lowest BCUT2D eigenvalue weighted by atomic mass is 10.1. The molecule has 0 radical (unpaired) electrons. The second-order valence-electron chi connectivity index (χ2n) is 5.04. The average Bonchev–Trinajstić information content (AvgIpc) is 2.34. The van der Waals surface area contributed by atoms with Gasteiger partial charge in [0.1, 0.15) is 5.75 Å². The van der Waals surface area contributed by atoms with Crippen molar-refractivity contribution in [1.29, 1.82) is 0 Å². The fraction of sp³-hybridized carbons (Fsp3) is 0.250. The van der Waals surface area contributed by atoms with Crippen molar-refractivity contribution in [2.75, 3.05) is 14.1 Å². The molecule has 1 atom stereocenters. The van der Waals surface area contributed by atoms with Gasteiger partial charge >= 0.3 is 0 Å². The van der Waals surface area contributed by atoms with Gasteiger partial charge in [-0.25, -0.2) is 0 Å². The molecule has 1 unspecified atom stereocenters. The molecule has 0 fully saturated rings. The number of hydrogen-bond acceptors (Lipinski definition) is 2. The molecule has 3 heteroatoms. The predicted molar refractivity (Wildman–Crippen MR) is 84.3 cm³/mol. The van der Waals surface area contributed by atoms with Crippen LogP contribution in [0, 0.1) is 6.92 Å². The molecule has 2 nitrogen and oxygen atoms in total. The van der Waals surface area contributed by atoms with E-state index in [4.69, 9.17) is 0 Å². The van der Waals surface area contributed by atoms with Gasteiger partial charge in [0.2, 0.25) is 0 Å². The van der Waals surface area contributed by atoms with Gasteiger partial charge in [-0.15, -0.1) is 0 Å². The second kappa shape index (κ2) is 6.18. The molecule has 2 aromatic carbocycles. The molecule has 0 heterocycles. The van der Waals surface area contributed by atoms with Crippen LogP contribution in [0.2, 0.25) is 0 Å². The largest absolute Gasteiger partial charge is 0.507 e. The lowest BCUT2D eigenvalue weighted by Gasteiger charge is -2.15. The Kier molecular flexibility index (Phi) is 4.57. The highest BCUT2D eigenvalue weighted by Crippen LogP contribution is 2.20. The minimum atomic E-state index is 0.386. The number of rotatable bonds is 4. The van der Waals surface area contributed by atoms with Gasteiger partial charge in [-0.05, 0) is 38.0 Å². The summed E-state index contributed by atoms with van der Waals surface area (Å²) in [4.78, 5) is 2.17. The topological polar surface area (TPSA) is 23.5 Å². The molecule has 0 aliphatic carbocycles. The number of para-hydroxylation sites is 1. The van der Waals surface area contributed by atoms with E-state index in [1.807, 2.05) is 18.2 Å². The minimum absolute atomic E-state index is 0.386. The molecule has 1 N–H and O–H groups in total. The van der Waals surface area contributed by atoms with E-state index < -0.39 is 0 Å². The number of aromatic hydroxyl groups is 1. The van der Waals surface area contributed by atoms with Gasteiger partial charge in [0.05, 0.1) is 0 Å². The average molecular weight is 273 g/mol. The van der Waals surface area contributed by atoms with Crippen molar-refractivity contribution in [3.63, 3.8) is 0 Å². The summed E-state index contributed by atoms with van der Waals surface area (Å²) < 4.78 is 0. The molecule has 0 aliphatic rings. The quantitative estimate of drug-likeness (QED) is 0.865. The van der Waals surface area contributed by atoms with Gasteiger partial charge in [-0.3, -0.25) is 0 Å². The maximum absolute atomic E-state index is 9.90. The van der Waals surface area contributed by atoms with E-state index in [1.54, 1.807) is 6.07 Å². The van der Waals surface area contributed by atoms with E-state index in [2.05, 4.69) is 44.1 Å². The fourth-order valence-electron chi connectivity index (χ4n) is 2.04. The molecule has 100 valence electrons. The lowest BCUT2D eigenvalue weighted by molar-refractivity contribution is 0.403. The third-order valence-electron chi connectivity index (χ3n) is 2.92. The van der Waals surface area contributed by atoms with Gasteiger partial charge in [-0.2, -0.15) is 0 Å². The van der Waals surface area contributed by atoms with Crippen LogP contribution in [-0.4, -0.2) is 24.1 Å². The number of hydrogen-bond donors (Lipinski definition) is 1. The molecule has 19 heavy (non-hydrogen) atoms. The van der Waals surface area contributed by atoms with Crippen molar-refractivity contribution >= 4 is 19.2 Å². The van der Waals surface area contributed by atoms with Crippen molar-refractivity contribution in [1.82, 2.24) is 4.90 Å². The Morgan fingerprint density at radius 3 is 2.47 bits per heavy atom. The van der Waals surface area contributed by atoms with Crippen molar-refractivity contribution in [3.8, 4) is 5.75 Å². The number of aryl methyl sites for hydroxylation is 1. The molecular formula is C16H20NOP. The maximum atomic E-state index is 9.90. The highest BCUT2D eigenvalue weighted by molar-refractivity contribution is 7.55. The summed E-state index contributed by atoms with van der Waals surface area (Å²) in [5.74, 6) is 0.386. The number of nitrogens with zero attached hydrogens (tertiary/aromatic N) is 1. The Labute approximate surface area is 116 Å². The lowest BCUT2D eigenvalue weighted by Crippen LogP contribution is -2.18. The van der Waals surface area contributed by atoms with Crippen LogP contribution in [0.4, 0.5) is 0 Å². The first-order valence-corrected chi connectivity index (χ1v) is 7.35. The maximum Gasteiger partial charge on any atom is 0.123 e. The standard InChI is InChI=1S/C16H20NOP/c1-12-8-9-15(13(10-12)11-17(2)3)19-16-7-5-4-6-14(16)18/h4-10,18-19H,11H2,1-3H3. The number of phenolic OH excluding ortho intramolecular Hbond substituents is 1. The Bertz CT molecular complexity index is 566. The Morgan fingerprint density at radius 1 is 1.05 bits per heavy atom. The van der Waals surface area contributed by atoms with Crippen molar-refractivity contribution in [3.05, 3.63) is 53.6 Å². The highest BCUT2D eigenvalue weighted by atomic mass is 31.1. The van der Waals surface area contributed by atoms with Crippen LogP contribution in [-0.2, 0) is 6.54 Å². The monoisotopic (exact) mass is 273 g/mol. The first kappa shape index (κ1) is 14.0. The fourth-order valence-corrected chi connectivity index (χ4v) is 3.20. The van der Waals surface area contributed by atoms with Crippen LogP contribution in [0.1, 0.15) is 11.1 Å². The van der Waals surface area contributed by atoms with Crippen molar-refractivity contribution < 1.29 is 5.11 Å². The zero-order chi connectivity index (χ0) is 13.8. The third-order valence-corrected chi connectivity index (χ3v) is 4.37. The first-order chi connectivity index (χ1) is 9.06. The van der Waals surface area contributed by atoms with Crippen LogP contribution in [0.15, 0.2) is 42.5 Å². The Morgan fingerprint density at radius 2 is 1.79 bits per heavy atom. The molecule has 0 aromatic heterocycles. The minimum Gasteiger partial charge on any atom is -0.507 e. The van der Waals surface area contributed by atoms with Crippen LogP contribution in [0.3, 0.4) is 0 Å². The van der Waals surface area contributed by atoms with E-state index in [1.165, 1.54) is 16.4 Å². The summed E-state index contributed by atoms with van der Waals surface area (Å²) in [7, 11) is 4.65. The number of phenols is 1. The van der Waals surface area contributed by atoms with Gasteiger partial charge in [0.25, 0.3) is 0 Å². The van der Waals surface area contributed by atoms with Crippen LogP contribution < -0.4 is 10.6 Å². The molecule has 2 aromatic rings. The normalized spacial score (nSPS) is 11.6. The SMILES string of the molecule is Cc1ccc(Pc2ccccc2O)c(CN(C)C)c1. The third kappa shape index (κ3) is 3.79. The van der Waals surface area contributed by atoms with E-state index in [0.717, 1.165) is 11.8 Å². The van der Waals surface area contributed by atoms with E-state index in [0.29, 0.717) is 14.3 Å². The molecule has 0 saturated heterocycles. The summed E-state index contributed by atoms with van der Waals surface area (Å²) >= 11 is 0. The van der Waals surface area contributed by atoms with Crippen LogP contribution in [0.5, 0.6) is 5.75 Å². The molecule has 0 amide bonds. The molecule has 0 spiro atoms. The van der Waals surface area contributed by atoms with Crippen LogP contribution in [0.25, 0.3) is 0 Å². The van der Waals surface area contributed by atoms with Gasteiger partial charge in [0.15, 0.2) is 0 Å². The first-order valence-electron chi connectivity index (χ1n) is 6.35. The predicted octanol–water partition coefficient (Wildman–Crippen LogP) is 2.39. The molecule has 0 saturated carbocycles. The summed E-state index contributed by atoms with van der Waals surface area (Å²) in [6.45, 7) is 3.05. The van der Waals surface area contributed by atoms with Crippen LogP contribution >= 0.6 is 8.58 Å². The summed E-state index contributed by atoms with van der Waals surface area (Å²) in [6, 6.07) is 14.1. The van der Waals surface area contributed by atoms with E-state index in [9.17, 15) is 5.11 Å². The molecule has 2 rings (SSSR count). The second-order valence-corrected chi connectivity index (χ2v) is 6.37. The smallest absolute Gasteiger partial charge is 0.123 e. The highest BCUT2D eigenvalue weighted by Gasteiger charge is 2.07. The van der Waals surface area contributed by atoms with Gasteiger partial charge < -0.3 is 10.0 Å². The van der Waals surface area contributed by atoms with Crippen molar-refractivity contribution in [2.45, 2.75) is 13.5 Å². The van der Waals surface area contributed by atoms with Gasteiger partial charge in [-0.1, -0.05) is 50.5 Å². The molecular weight excluding hydrogens is 253 g/mol. The Hall–Kier alpha value is -1.37. The van der Waals surface area contributed by atoms with Crippen molar-refractivity contribution in [2.24, 2.45) is 0 Å². The summed E-state index contributed by atoms with van der Waals surface area (Å²) in [5.41, 5.74) is 2.62. The number of benzene rings is 2. The molecule has 0 aliphatic heterocycles. The molecule has 0 bridgehead atoms. The summed E-state index contributed by atoms with van der Waals surface area (Å²) in [6.07, 6.45) is 0. The van der Waals surface area contributed by atoms with E-state index >= 15 is 0 Å². The Balaban J connectivity index is 2.32. The summed E-state index contributed by atoms with van der Waals surface area (Å²) in [5, 5.41) is 12.2. The van der Waals surface area contributed by atoms with E-state index in [-0.39, 0.29) is 0 Å².